The molecule has 3 aromatic carbocycles. The van der Waals surface area contributed by atoms with Gasteiger partial charge in [0, 0.05) is 43.6 Å². The number of carbonyl (C=O) groups is 1. The first-order chi connectivity index (χ1) is 20.2. The van der Waals surface area contributed by atoms with Crippen LogP contribution in [0.15, 0.2) is 72.8 Å². The Morgan fingerprint density at radius 2 is 1.52 bits per heavy atom. The number of hydrogen-bond acceptors (Lipinski definition) is 7. The number of anilines is 3. The van der Waals surface area contributed by atoms with Gasteiger partial charge in [-0.25, -0.2) is 0 Å². The molecule has 3 N–H and O–H groups in total. The Labute approximate surface area is 242 Å². The van der Waals surface area contributed by atoms with Gasteiger partial charge in [-0.15, -0.1) is 5.23 Å². The molecule has 1 saturated heterocycles. The third kappa shape index (κ3) is 7.33. The Morgan fingerprint density at radius 1 is 0.881 bits per heavy atom. The van der Waals surface area contributed by atoms with Crippen molar-refractivity contribution in [1.82, 2.24) is 4.90 Å². The van der Waals surface area contributed by atoms with E-state index in [-0.39, 0.29) is 30.3 Å². The van der Waals surface area contributed by atoms with Gasteiger partial charge < -0.3 is 19.9 Å². The third-order valence-electron chi connectivity index (χ3n) is 7.98. The summed E-state index contributed by atoms with van der Waals surface area (Å²) in [5.41, 5.74) is 1.85. The van der Waals surface area contributed by atoms with E-state index < -0.39 is 22.7 Å². The number of nitrogens with zero attached hydrogens (tertiary/aromatic N) is 3. The molecule has 0 unspecified atom stereocenters. The zero-order chi connectivity index (χ0) is 29.7. The van der Waals surface area contributed by atoms with E-state index in [9.17, 15) is 18.0 Å². The number of ether oxygens (including phenoxy) is 1. The molecule has 1 amide bonds. The van der Waals surface area contributed by atoms with Gasteiger partial charge in [0.25, 0.3) is 0 Å². The molecule has 42 heavy (non-hydrogen) atoms. The van der Waals surface area contributed by atoms with Crippen molar-refractivity contribution in [1.29, 1.82) is 0 Å². The monoisotopic (exact) mass is 584 g/mol. The molecule has 224 valence electrons. The van der Waals surface area contributed by atoms with Gasteiger partial charge in [0.1, 0.15) is 12.3 Å². The summed E-state index contributed by atoms with van der Waals surface area (Å²) in [6.45, 7) is 2.77. The molecule has 1 aliphatic carbocycles. The standard InChI is InChI=1S/C31H35F3N4O4/c32-31(33,34)28-20-25(10-15-29(28)38(40)41)35-24-8-13-27(14-9-24)42-21-30(39)37-18-16-36(17-19-37)26-11-6-23(7-12-26)22-4-2-1-3-5-22/h1-7,10-12,15,20,24,27,35,40-41H,8-9,13-14,16-19,21H2. The number of alkyl halides is 3. The van der Waals surface area contributed by atoms with Crippen LogP contribution in [0.4, 0.5) is 30.2 Å². The van der Waals surface area contributed by atoms with Crippen molar-refractivity contribution < 1.29 is 33.1 Å². The van der Waals surface area contributed by atoms with Crippen molar-refractivity contribution in [2.24, 2.45) is 0 Å². The number of piperazine rings is 1. The van der Waals surface area contributed by atoms with Crippen LogP contribution in [-0.2, 0) is 15.7 Å². The largest absolute Gasteiger partial charge is 0.418 e. The average molecular weight is 585 g/mol. The number of nitrogens with one attached hydrogen (secondary N) is 1. The van der Waals surface area contributed by atoms with Crippen LogP contribution in [0.1, 0.15) is 31.2 Å². The van der Waals surface area contributed by atoms with Gasteiger partial charge in [0.05, 0.1) is 11.7 Å². The zero-order valence-corrected chi connectivity index (χ0v) is 23.1. The van der Waals surface area contributed by atoms with Gasteiger partial charge in [-0.3, -0.25) is 15.2 Å². The summed E-state index contributed by atoms with van der Waals surface area (Å²) in [4.78, 5) is 16.9. The van der Waals surface area contributed by atoms with Crippen LogP contribution in [0.3, 0.4) is 0 Å². The minimum atomic E-state index is -4.74. The van der Waals surface area contributed by atoms with Crippen molar-refractivity contribution >= 4 is 23.0 Å². The van der Waals surface area contributed by atoms with E-state index in [1.165, 1.54) is 17.2 Å². The highest BCUT2D eigenvalue weighted by atomic mass is 19.4. The maximum Gasteiger partial charge on any atom is 0.418 e. The highest BCUT2D eigenvalue weighted by Crippen LogP contribution is 2.38. The van der Waals surface area contributed by atoms with E-state index in [1.807, 2.05) is 23.1 Å². The second kappa shape index (κ2) is 13.0. The van der Waals surface area contributed by atoms with E-state index >= 15 is 0 Å². The first-order valence-corrected chi connectivity index (χ1v) is 14.1. The topological polar surface area (TPSA) is 88.5 Å². The third-order valence-corrected chi connectivity index (χ3v) is 7.98. The van der Waals surface area contributed by atoms with Gasteiger partial charge >= 0.3 is 6.18 Å². The first kappa shape index (κ1) is 29.7. The van der Waals surface area contributed by atoms with E-state index in [4.69, 9.17) is 15.2 Å². The van der Waals surface area contributed by atoms with Gasteiger partial charge in [-0.2, -0.15) is 13.2 Å². The molecule has 2 aliphatic rings. The second-order valence-corrected chi connectivity index (χ2v) is 10.7. The molecule has 0 radical (unpaired) electrons. The number of amides is 1. The van der Waals surface area contributed by atoms with Crippen molar-refractivity contribution in [3.05, 3.63) is 78.4 Å². The quantitative estimate of drug-likeness (QED) is 0.278. The van der Waals surface area contributed by atoms with Crippen LogP contribution in [0.25, 0.3) is 11.1 Å². The Bertz CT molecular complexity index is 1320. The SMILES string of the molecule is O=C(COC1CCC(Nc2ccc(N(O)O)c(C(F)(F)F)c2)CC1)N1CCN(c2ccc(-c3ccccc3)cc2)CC1. The predicted molar refractivity (Wildman–Crippen MR) is 154 cm³/mol. The molecule has 5 rings (SSSR count). The molecule has 11 heteroatoms. The Balaban J connectivity index is 1.03. The summed E-state index contributed by atoms with van der Waals surface area (Å²) in [5, 5.41) is 20.8. The Morgan fingerprint density at radius 3 is 2.14 bits per heavy atom. The van der Waals surface area contributed by atoms with Crippen LogP contribution in [0.5, 0.6) is 0 Å². The van der Waals surface area contributed by atoms with Crippen molar-refractivity contribution in [3.8, 4) is 11.1 Å². The summed E-state index contributed by atoms with van der Waals surface area (Å²) < 4.78 is 45.9. The summed E-state index contributed by atoms with van der Waals surface area (Å²) in [7, 11) is 0. The molecule has 1 heterocycles. The van der Waals surface area contributed by atoms with Crippen molar-refractivity contribution in [2.45, 2.75) is 44.0 Å². The van der Waals surface area contributed by atoms with E-state index in [0.29, 0.717) is 38.8 Å². The van der Waals surface area contributed by atoms with Crippen LogP contribution < -0.4 is 15.4 Å². The average Bonchev–Trinajstić information content (AvgIpc) is 3.00. The first-order valence-electron chi connectivity index (χ1n) is 14.1. The summed E-state index contributed by atoms with van der Waals surface area (Å²) >= 11 is 0. The summed E-state index contributed by atoms with van der Waals surface area (Å²) in [5.74, 6) is -0.0316. The van der Waals surface area contributed by atoms with Crippen molar-refractivity contribution in [3.63, 3.8) is 0 Å². The molecular weight excluding hydrogens is 549 g/mol. The fourth-order valence-electron chi connectivity index (χ4n) is 5.63. The molecular formula is C31H35F3N4O4. The van der Waals surface area contributed by atoms with E-state index in [2.05, 4.69) is 46.6 Å². The number of hydrogen-bond donors (Lipinski definition) is 3. The molecule has 1 aliphatic heterocycles. The number of carbonyl (C=O) groups excluding carboxylic acids is 1. The molecule has 0 aromatic heterocycles. The van der Waals surface area contributed by atoms with Gasteiger partial charge in [0.2, 0.25) is 5.91 Å². The minimum Gasteiger partial charge on any atom is -0.382 e. The van der Waals surface area contributed by atoms with Crippen LogP contribution in [0, 0.1) is 0 Å². The van der Waals surface area contributed by atoms with Gasteiger partial charge in [0.15, 0.2) is 0 Å². The molecule has 0 atom stereocenters. The fraction of sp³-hybridized carbons (Fsp3) is 0.387. The number of rotatable bonds is 8. The lowest BCUT2D eigenvalue weighted by Gasteiger charge is -2.36. The molecule has 0 bridgehead atoms. The molecule has 1 saturated carbocycles. The summed E-state index contributed by atoms with van der Waals surface area (Å²) in [6.07, 6.45) is -2.10. The zero-order valence-electron chi connectivity index (χ0n) is 23.1. The van der Waals surface area contributed by atoms with E-state index in [1.54, 1.807) is 0 Å². The van der Waals surface area contributed by atoms with Gasteiger partial charge in [-0.1, -0.05) is 42.5 Å². The number of halogens is 3. The van der Waals surface area contributed by atoms with Crippen LogP contribution in [-0.4, -0.2) is 66.2 Å². The smallest absolute Gasteiger partial charge is 0.382 e. The highest BCUT2D eigenvalue weighted by Gasteiger charge is 2.35. The normalized spacial score (nSPS) is 19.5. The Hall–Kier alpha value is -3.80. The minimum absolute atomic E-state index is 0.0176. The molecule has 3 aromatic rings. The maximum atomic E-state index is 13.3. The molecule has 8 nitrogen and oxygen atoms in total. The molecule has 0 spiro atoms. The van der Waals surface area contributed by atoms with Crippen LogP contribution in [0.2, 0.25) is 0 Å². The van der Waals surface area contributed by atoms with Crippen molar-refractivity contribution in [2.75, 3.05) is 48.2 Å². The van der Waals surface area contributed by atoms with Crippen LogP contribution >= 0.6 is 0 Å². The lowest BCUT2D eigenvalue weighted by Crippen LogP contribution is -2.50. The lowest BCUT2D eigenvalue weighted by atomic mass is 9.92. The predicted octanol–water partition coefficient (Wildman–Crippen LogP) is 6.05. The Kier molecular flexibility index (Phi) is 9.20. The summed E-state index contributed by atoms with van der Waals surface area (Å²) in [6, 6.07) is 21.9. The van der Waals surface area contributed by atoms with E-state index in [0.717, 1.165) is 30.9 Å². The fourth-order valence-corrected chi connectivity index (χ4v) is 5.63. The maximum absolute atomic E-state index is 13.3. The number of benzene rings is 3. The van der Waals surface area contributed by atoms with Gasteiger partial charge in [-0.05, 0) is 67.1 Å². The second-order valence-electron chi connectivity index (χ2n) is 10.7. The molecule has 2 fully saturated rings. The lowest BCUT2D eigenvalue weighted by molar-refractivity contribution is -0.139. The highest BCUT2D eigenvalue weighted by molar-refractivity contribution is 5.78.